The van der Waals surface area contributed by atoms with Gasteiger partial charge in [0.1, 0.15) is 19.8 Å². The molecule has 0 spiro atoms. The van der Waals surface area contributed by atoms with Gasteiger partial charge in [-0.2, -0.15) is 0 Å². The number of esters is 2. The topological polar surface area (TPSA) is 111 Å². The molecule has 0 aliphatic rings. The number of ether oxygens (including phenoxy) is 2. The van der Waals surface area contributed by atoms with E-state index < -0.39 is 32.5 Å². The second kappa shape index (κ2) is 44.4. The quantitative estimate of drug-likeness (QED) is 0.0195. The van der Waals surface area contributed by atoms with Gasteiger partial charge < -0.3 is 27.9 Å². The Labute approximate surface area is 382 Å². The number of allylic oxidation sites excluding steroid dienone is 6. The highest BCUT2D eigenvalue weighted by atomic mass is 31.2. The average molecular weight is 896 g/mol. The Bertz CT molecular complexity index is 1150. The summed E-state index contributed by atoms with van der Waals surface area (Å²) in [6.07, 6.45) is 52.0. The van der Waals surface area contributed by atoms with Crippen molar-refractivity contribution < 1.29 is 42.1 Å². The van der Waals surface area contributed by atoms with Crippen molar-refractivity contribution in [3.63, 3.8) is 0 Å². The van der Waals surface area contributed by atoms with Gasteiger partial charge in [-0.15, -0.1) is 0 Å². The molecule has 0 aliphatic carbocycles. The number of rotatable bonds is 47. The van der Waals surface area contributed by atoms with Gasteiger partial charge in [0.2, 0.25) is 0 Å². The number of likely N-dealkylation sites (N-methyl/N-ethyl adjacent to an activating group) is 1. The molecule has 0 bridgehead atoms. The summed E-state index contributed by atoms with van der Waals surface area (Å²) in [6, 6.07) is 0. The van der Waals surface area contributed by atoms with Crippen LogP contribution in [0.4, 0.5) is 0 Å². The minimum Gasteiger partial charge on any atom is -0.756 e. The van der Waals surface area contributed by atoms with E-state index in [4.69, 9.17) is 18.5 Å². The van der Waals surface area contributed by atoms with Crippen molar-refractivity contribution in [2.45, 2.75) is 238 Å². The SMILES string of the molecule is CCCCCCCCCC/C=C/CCCCCC(=O)O[C@@H](COC(=O)CCC/C=C/CC/C=C/CCCCCCCCCCCCCCCC)COP(=O)([O-])OCC[N+](C)(C)C. The highest BCUT2D eigenvalue weighted by Gasteiger charge is 2.21. The first-order chi connectivity index (χ1) is 30.0. The third-order valence-electron chi connectivity index (χ3n) is 11.1. The van der Waals surface area contributed by atoms with Gasteiger partial charge >= 0.3 is 11.9 Å². The van der Waals surface area contributed by atoms with Crippen LogP contribution in [0.2, 0.25) is 0 Å². The number of carbonyl (C=O) groups excluding carboxylic acids is 2. The van der Waals surface area contributed by atoms with Crippen LogP contribution >= 0.6 is 7.82 Å². The molecule has 9 nitrogen and oxygen atoms in total. The van der Waals surface area contributed by atoms with E-state index >= 15 is 0 Å². The summed E-state index contributed by atoms with van der Waals surface area (Å²) in [5.74, 6) is -0.896. The van der Waals surface area contributed by atoms with Crippen molar-refractivity contribution in [3.8, 4) is 0 Å². The van der Waals surface area contributed by atoms with Crippen LogP contribution in [0.15, 0.2) is 36.5 Å². The molecule has 0 amide bonds. The Balaban J connectivity index is 4.28. The number of phosphoric acid groups is 1. The summed E-state index contributed by atoms with van der Waals surface area (Å²) in [4.78, 5) is 37.6. The standard InChI is InChI=1S/C52H98NO8P/c1-6-8-10-12-14-16-18-20-22-23-24-25-26-27-28-29-31-32-34-36-38-40-42-44-51(54)58-48-50(49-60-62(56,57)59-47-46-53(3,4)5)61-52(55)45-43-41-39-37-35-33-30-21-19-17-15-13-11-9-7-2/h29,31,33,35-36,38,50H,6-28,30,32,34,37,39-49H2,1-5H3/b31-29+,35-33+,38-36+/t50-/m0/s1. The summed E-state index contributed by atoms with van der Waals surface area (Å²) in [7, 11) is 1.14. The molecule has 0 saturated carbocycles. The minimum absolute atomic E-state index is 0.0389. The molecule has 0 rings (SSSR count). The van der Waals surface area contributed by atoms with E-state index in [9.17, 15) is 19.0 Å². The highest BCUT2D eigenvalue weighted by Crippen LogP contribution is 2.38. The van der Waals surface area contributed by atoms with Crippen molar-refractivity contribution in [3.05, 3.63) is 36.5 Å². The van der Waals surface area contributed by atoms with Crippen LogP contribution in [-0.4, -0.2) is 70.0 Å². The first-order valence-electron chi connectivity index (χ1n) is 25.7. The maximum atomic E-state index is 12.7. The smallest absolute Gasteiger partial charge is 0.306 e. The van der Waals surface area contributed by atoms with E-state index in [1.165, 1.54) is 141 Å². The van der Waals surface area contributed by atoms with Gasteiger partial charge in [-0.25, -0.2) is 0 Å². The van der Waals surface area contributed by atoms with Crippen molar-refractivity contribution >= 4 is 19.8 Å². The van der Waals surface area contributed by atoms with Crippen LogP contribution in [0.5, 0.6) is 0 Å². The molecule has 0 heterocycles. The summed E-state index contributed by atoms with van der Waals surface area (Å²) >= 11 is 0. The Morgan fingerprint density at radius 1 is 0.484 bits per heavy atom. The zero-order chi connectivity index (χ0) is 45.7. The number of phosphoric ester groups is 1. The van der Waals surface area contributed by atoms with Gasteiger partial charge in [0.15, 0.2) is 6.10 Å². The van der Waals surface area contributed by atoms with Gasteiger partial charge in [-0.3, -0.25) is 14.2 Å². The lowest BCUT2D eigenvalue weighted by atomic mass is 10.0. The lowest BCUT2D eigenvalue weighted by Crippen LogP contribution is -2.37. The minimum atomic E-state index is -4.64. The van der Waals surface area contributed by atoms with Crippen molar-refractivity contribution in [1.29, 1.82) is 0 Å². The van der Waals surface area contributed by atoms with Crippen LogP contribution in [0.3, 0.4) is 0 Å². The summed E-state index contributed by atoms with van der Waals surface area (Å²) in [6.45, 7) is 4.19. The lowest BCUT2D eigenvalue weighted by Gasteiger charge is -2.28. The van der Waals surface area contributed by atoms with E-state index in [0.717, 1.165) is 51.4 Å². The number of hydrogen-bond donors (Lipinski definition) is 0. The van der Waals surface area contributed by atoms with Crippen LogP contribution in [0.1, 0.15) is 232 Å². The van der Waals surface area contributed by atoms with Gasteiger partial charge in [0.25, 0.3) is 7.82 Å². The number of hydrogen-bond acceptors (Lipinski definition) is 8. The van der Waals surface area contributed by atoms with Gasteiger partial charge in [-0.05, 0) is 70.6 Å². The lowest BCUT2D eigenvalue weighted by molar-refractivity contribution is -0.870. The number of unbranched alkanes of at least 4 members (excludes halogenated alkanes) is 27. The van der Waals surface area contributed by atoms with Crippen LogP contribution in [0.25, 0.3) is 0 Å². The Kier molecular flexibility index (Phi) is 43.2. The van der Waals surface area contributed by atoms with E-state index in [0.29, 0.717) is 23.9 Å². The molecule has 0 radical (unpaired) electrons. The average Bonchev–Trinajstić information content (AvgIpc) is 3.23. The number of nitrogens with zero attached hydrogens (tertiary/aromatic N) is 1. The normalized spacial score (nSPS) is 13.7. The fourth-order valence-electron chi connectivity index (χ4n) is 7.08. The first kappa shape index (κ1) is 60.2. The molecule has 0 aromatic heterocycles. The Morgan fingerprint density at radius 2 is 0.855 bits per heavy atom. The van der Waals surface area contributed by atoms with Gasteiger partial charge in [-0.1, -0.05) is 185 Å². The van der Waals surface area contributed by atoms with E-state index in [1.807, 2.05) is 21.1 Å². The molecule has 1 unspecified atom stereocenters. The second-order valence-electron chi connectivity index (χ2n) is 18.5. The van der Waals surface area contributed by atoms with E-state index in [1.54, 1.807) is 0 Å². The molecule has 0 aromatic rings. The third kappa shape index (κ3) is 47.7. The van der Waals surface area contributed by atoms with Gasteiger partial charge in [0.05, 0.1) is 27.7 Å². The van der Waals surface area contributed by atoms with Crippen molar-refractivity contribution in [1.82, 2.24) is 0 Å². The molecular formula is C52H98NO8P. The predicted octanol–water partition coefficient (Wildman–Crippen LogP) is 14.6. The van der Waals surface area contributed by atoms with Crippen molar-refractivity contribution in [2.24, 2.45) is 0 Å². The van der Waals surface area contributed by atoms with Crippen LogP contribution in [-0.2, 0) is 32.7 Å². The van der Waals surface area contributed by atoms with Crippen molar-refractivity contribution in [2.75, 3.05) is 47.5 Å². The fourth-order valence-corrected chi connectivity index (χ4v) is 7.81. The maximum Gasteiger partial charge on any atom is 0.306 e. The summed E-state index contributed by atoms with van der Waals surface area (Å²) in [5.41, 5.74) is 0. The molecule has 0 N–H and O–H groups in total. The highest BCUT2D eigenvalue weighted by molar-refractivity contribution is 7.45. The molecule has 0 aliphatic heterocycles. The zero-order valence-electron chi connectivity index (χ0n) is 41.1. The van der Waals surface area contributed by atoms with E-state index in [2.05, 4.69) is 50.3 Å². The number of quaternary nitrogens is 1. The van der Waals surface area contributed by atoms with Gasteiger partial charge in [0, 0.05) is 12.8 Å². The third-order valence-corrected chi connectivity index (χ3v) is 12.1. The largest absolute Gasteiger partial charge is 0.756 e. The molecule has 62 heavy (non-hydrogen) atoms. The second-order valence-corrected chi connectivity index (χ2v) is 19.9. The molecule has 2 atom stereocenters. The Morgan fingerprint density at radius 3 is 1.29 bits per heavy atom. The maximum absolute atomic E-state index is 12.7. The summed E-state index contributed by atoms with van der Waals surface area (Å²) < 4.78 is 33.9. The molecular weight excluding hydrogens is 798 g/mol. The molecule has 0 fully saturated rings. The molecule has 364 valence electrons. The zero-order valence-corrected chi connectivity index (χ0v) is 42.0. The Hall–Kier alpha value is -1.77. The molecule has 0 aromatic carbocycles. The molecule has 0 saturated heterocycles. The first-order valence-corrected chi connectivity index (χ1v) is 27.2. The molecule has 10 heteroatoms. The summed E-state index contributed by atoms with van der Waals surface area (Å²) in [5, 5.41) is 0. The monoisotopic (exact) mass is 896 g/mol. The van der Waals surface area contributed by atoms with Crippen LogP contribution < -0.4 is 4.89 Å². The predicted molar refractivity (Wildman–Crippen MR) is 259 cm³/mol. The number of carbonyl (C=O) groups is 2. The van der Waals surface area contributed by atoms with Crippen LogP contribution in [0, 0.1) is 0 Å². The fraction of sp³-hybridized carbons (Fsp3) is 0.846. The van der Waals surface area contributed by atoms with E-state index in [-0.39, 0.29) is 26.1 Å².